The van der Waals surface area contributed by atoms with Gasteiger partial charge >= 0.3 is 0 Å². The smallest absolute Gasteiger partial charge is 0.0842 e. The van der Waals surface area contributed by atoms with Gasteiger partial charge in [0.2, 0.25) is 0 Å². The summed E-state index contributed by atoms with van der Waals surface area (Å²) in [4.78, 5) is 0. The molecule has 0 amide bonds. The lowest BCUT2D eigenvalue weighted by atomic mass is 9.54. The Bertz CT molecular complexity index is 295. The number of nitrogens with one attached hydrogen (secondary N) is 1. The van der Waals surface area contributed by atoms with Crippen LogP contribution >= 0.6 is 0 Å². The Labute approximate surface area is 111 Å². The molecule has 18 heavy (non-hydrogen) atoms. The lowest BCUT2D eigenvalue weighted by Crippen LogP contribution is -2.54. The molecule has 4 fully saturated rings. The Morgan fingerprint density at radius 1 is 1.11 bits per heavy atom. The molecule has 0 aromatic heterocycles. The van der Waals surface area contributed by atoms with Crippen LogP contribution in [-0.2, 0) is 15.5 Å². The summed E-state index contributed by atoms with van der Waals surface area (Å²) in [6.45, 7) is 1.18. The summed E-state index contributed by atoms with van der Waals surface area (Å²) in [6.07, 6.45) is 7.95. The molecule has 1 N–H and O–H groups in total. The summed E-state index contributed by atoms with van der Waals surface area (Å²) < 4.78 is 25.0. The van der Waals surface area contributed by atoms with E-state index < -0.39 is 11.4 Å². The Hall–Kier alpha value is 0.0300. The second-order valence-corrected chi connectivity index (χ2v) is 6.93. The zero-order valence-electron chi connectivity index (χ0n) is 10.7. The van der Waals surface area contributed by atoms with Gasteiger partial charge in [-0.15, -0.1) is 0 Å². The molecule has 0 aromatic rings. The first-order valence-corrected chi connectivity index (χ1v) is 8.18. The molecule has 4 rings (SSSR count). The van der Waals surface area contributed by atoms with Gasteiger partial charge in [-0.1, -0.05) is 0 Å². The molecule has 0 spiro atoms. The lowest BCUT2D eigenvalue weighted by Gasteiger charge is -2.54. The topological polar surface area (TPSA) is 61.4 Å². The van der Waals surface area contributed by atoms with Crippen molar-refractivity contribution < 1.29 is 12.9 Å². The van der Waals surface area contributed by atoms with Crippen molar-refractivity contribution in [3.8, 4) is 0 Å². The number of rotatable bonds is 6. The molecule has 0 saturated heterocycles. The second kappa shape index (κ2) is 5.57. The molecule has 5 heteroatoms. The summed E-state index contributed by atoms with van der Waals surface area (Å²) in [7, 11) is 0. The molecule has 4 saturated carbocycles. The average Bonchev–Trinajstić information content (AvgIpc) is 2.30. The van der Waals surface area contributed by atoms with Gasteiger partial charge in [-0.2, -0.15) is 0 Å². The molecule has 4 aliphatic carbocycles. The maximum atomic E-state index is 10.2. The number of hydrogen-bond acceptors (Lipinski definition) is 4. The fourth-order valence-electron chi connectivity index (χ4n) is 4.73. The van der Waals surface area contributed by atoms with Crippen molar-refractivity contribution in [3.05, 3.63) is 0 Å². The molecule has 0 aliphatic heterocycles. The van der Waals surface area contributed by atoms with Gasteiger partial charge in [0, 0.05) is 6.04 Å². The zero-order chi connectivity index (χ0) is 12.5. The molecule has 104 valence electrons. The Kier molecular flexibility index (Phi) is 4.03. The van der Waals surface area contributed by atoms with E-state index in [1.54, 1.807) is 0 Å². The van der Waals surface area contributed by atoms with Crippen molar-refractivity contribution in [2.24, 2.45) is 23.7 Å². The normalized spacial score (nSPS) is 43.3. The first-order valence-electron chi connectivity index (χ1n) is 7.18. The van der Waals surface area contributed by atoms with Crippen molar-refractivity contribution in [2.45, 2.75) is 44.6 Å². The molecule has 4 bridgehead atoms. The average molecular weight is 272 g/mol. The predicted octanol–water partition coefficient (Wildman–Crippen LogP) is 1.60. The quantitative estimate of drug-likeness (QED) is 0.589. The van der Waals surface area contributed by atoms with Gasteiger partial charge in [-0.25, -0.2) is 4.21 Å². The molecule has 0 aromatic carbocycles. The van der Waals surface area contributed by atoms with E-state index >= 15 is 0 Å². The van der Waals surface area contributed by atoms with E-state index in [1.165, 1.54) is 32.1 Å². The monoisotopic (exact) mass is 272 g/mol. The van der Waals surface area contributed by atoms with Crippen LogP contribution in [0, 0.1) is 23.7 Å². The van der Waals surface area contributed by atoms with Gasteiger partial charge in [-0.3, -0.25) is 0 Å². The third-order valence-electron chi connectivity index (χ3n) is 5.11. The molecule has 0 heterocycles. The predicted molar refractivity (Wildman–Crippen MR) is 68.3 cm³/mol. The van der Waals surface area contributed by atoms with E-state index in [9.17, 15) is 8.76 Å². The highest BCUT2D eigenvalue weighted by Gasteiger charge is 2.47. The highest BCUT2D eigenvalue weighted by atomic mass is 32.2. The molecular weight excluding hydrogens is 250 g/mol. The Morgan fingerprint density at radius 3 is 2.28 bits per heavy atom. The van der Waals surface area contributed by atoms with Crippen LogP contribution in [0.5, 0.6) is 0 Å². The zero-order valence-corrected chi connectivity index (χ0v) is 11.5. The third kappa shape index (κ3) is 2.79. The fraction of sp³-hybridized carbons (Fsp3) is 1.00. The van der Waals surface area contributed by atoms with E-state index in [0.717, 1.165) is 36.6 Å². The van der Waals surface area contributed by atoms with Gasteiger partial charge in [-0.05, 0) is 68.7 Å². The summed E-state index contributed by atoms with van der Waals surface area (Å²) in [6, 6.07) is 0.690. The van der Waals surface area contributed by atoms with Crippen molar-refractivity contribution >= 4 is 11.4 Å². The molecular formula is C13H22NO3S-. The standard InChI is InChI=1S/C13H23NO3S/c15-18(16)17-3-1-2-14-13-11-5-9-4-10(7-11)8-12(13)6-9/h9-14H,1-8H2,(H,15,16)/p-1. The maximum absolute atomic E-state index is 10.2. The lowest BCUT2D eigenvalue weighted by molar-refractivity contribution is -0.0137. The second-order valence-electron chi connectivity index (χ2n) is 6.29. The van der Waals surface area contributed by atoms with Crippen LogP contribution in [-0.4, -0.2) is 28.0 Å². The van der Waals surface area contributed by atoms with Crippen LogP contribution in [0.2, 0.25) is 0 Å². The van der Waals surface area contributed by atoms with Gasteiger partial charge in [0.05, 0.1) is 18.0 Å². The van der Waals surface area contributed by atoms with Gasteiger partial charge in [0.25, 0.3) is 0 Å². The van der Waals surface area contributed by atoms with E-state index in [2.05, 4.69) is 9.50 Å². The molecule has 1 unspecified atom stereocenters. The first kappa shape index (κ1) is 13.0. The molecule has 1 atom stereocenters. The van der Waals surface area contributed by atoms with Crippen molar-refractivity contribution in [1.29, 1.82) is 0 Å². The first-order chi connectivity index (χ1) is 8.72. The SMILES string of the molecule is O=S([O-])OCCCNC1C2CC3CC(C2)CC1C3. The summed E-state index contributed by atoms with van der Waals surface area (Å²) >= 11 is -2.35. The van der Waals surface area contributed by atoms with Crippen molar-refractivity contribution in [1.82, 2.24) is 5.32 Å². The van der Waals surface area contributed by atoms with Gasteiger partial charge in [0.1, 0.15) is 0 Å². The Morgan fingerprint density at radius 2 is 1.72 bits per heavy atom. The number of hydrogen-bond donors (Lipinski definition) is 1. The fourth-order valence-corrected chi connectivity index (χ4v) is 4.98. The minimum absolute atomic E-state index is 0.302. The van der Waals surface area contributed by atoms with E-state index in [4.69, 9.17) is 0 Å². The van der Waals surface area contributed by atoms with Crippen LogP contribution in [0.15, 0.2) is 0 Å². The summed E-state index contributed by atoms with van der Waals surface area (Å²) in [5.74, 6) is 3.79. The highest BCUT2D eigenvalue weighted by Crippen LogP contribution is 2.53. The Balaban J connectivity index is 1.42. The van der Waals surface area contributed by atoms with E-state index in [0.29, 0.717) is 12.6 Å². The molecule has 0 radical (unpaired) electrons. The molecule has 4 nitrogen and oxygen atoms in total. The van der Waals surface area contributed by atoms with E-state index in [-0.39, 0.29) is 0 Å². The minimum atomic E-state index is -2.35. The van der Waals surface area contributed by atoms with Gasteiger partial charge in [0.15, 0.2) is 0 Å². The van der Waals surface area contributed by atoms with Gasteiger partial charge < -0.3 is 14.1 Å². The highest BCUT2D eigenvalue weighted by molar-refractivity contribution is 7.74. The minimum Gasteiger partial charge on any atom is -0.750 e. The largest absolute Gasteiger partial charge is 0.750 e. The van der Waals surface area contributed by atoms with Crippen LogP contribution in [0.1, 0.15) is 38.5 Å². The van der Waals surface area contributed by atoms with Crippen LogP contribution < -0.4 is 5.32 Å². The van der Waals surface area contributed by atoms with E-state index in [1.807, 2.05) is 0 Å². The third-order valence-corrected chi connectivity index (χ3v) is 5.47. The van der Waals surface area contributed by atoms with Crippen molar-refractivity contribution in [2.75, 3.05) is 13.2 Å². The summed E-state index contributed by atoms with van der Waals surface area (Å²) in [5.41, 5.74) is 0. The van der Waals surface area contributed by atoms with Crippen LogP contribution in [0.4, 0.5) is 0 Å². The van der Waals surface area contributed by atoms with Crippen LogP contribution in [0.25, 0.3) is 0 Å². The molecule has 4 aliphatic rings. The summed E-state index contributed by atoms with van der Waals surface area (Å²) in [5, 5.41) is 3.66. The van der Waals surface area contributed by atoms with Crippen molar-refractivity contribution in [3.63, 3.8) is 0 Å². The van der Waals surface area contributed by atoms with Crippen LogP contribution in [0.3, 0.4) is 0 Å². The maximum Gasteiger partial charge on any atom is 0.0842 e.